The summed E-state index contributed by atoms with van der Waals surface area (Å²) in [7, 11) is 0. The molecule has 0 aromatic rings. The quantitative estimate of drug-likeness (QED) is 0.682. The molecule has 1 amide bonds. The van der Waals surface area contributed by atoms with E-state index in [9.17, 15) is 4.79 Å². The number of hydrogen-bond donors (Lipinski definition) is 2. The Morgan fingerprint density at radius 1 is 0.952 bits per heavy atom. The van der Waals surface area contributed by atoms with Gasteiger partial charge in [0.05, 0.1) is 24.4 Å². The molecule has 0 bridgehead atoms. The highest BCUT2D eigenvalue weighted by Gasteiger charge is 2.24. The Balaban J connectivity index is 4.01. The number of ether oxygens (including phenoxy) is 2. The number of carbonyl (C=O) groups is 1. The highest BCUT2D eigenvalue weighted by atomic mass is 16.5. The van der Waals surface area contributed by atoms with Crippen LogP contribution in [0, 0.1) is 5.41 Å². The van der Waals surface area contributed by atoms with Crippen molar-refractivity contribution in [2.75, 3.05) is 19.8 Å². The van der Waals surface area contributed by atoms with Crippen molar-refractivity contribution in [1.82, 2.24) is 5.32 Å². The second kappa shape index (κ2) is 7.99. The lowest BCUT2D eigenvalue weighted by atomic mass is 9.97. The fraction of sp³-hybridized carbons (Fsp3) is 0.938. The molecule has 0 unspecified atom stereocenters. The zero-order valence-corrected chi connectivity index (χ0v) is 14.7. The summed E-state index contributed by atoms with van der Waals surface area (Å²) in [5.41, 5.74) is -0.412. The van der Waals surface area contributed by atoms with Gasteiger partial charge in [0.25, 0.3) is 0 Å². The first kappa shape index (κ1) is 20.2. The molecule has 0 saturated heterocycles. The topological polar surface area (TPSA) is 67.8 Å². The Bertz CT molecular complexity index is 319. The van der Waals surface area contributed by atoms with Gasteiger partial charge in [-0.3, -0.25) is 0 Å². The summed E-state index contributed by atoms with van der Waals surface area (Å²) in [6.07, 6.45) is 0.448. The van der Waals surface area contributed by atoms with E-state index in [0.29, 0.717) is 26.2 Å². The number of rotatable bonds is 9. The second-order valence-electron chi connectivity index (χ2n) is 7.95. The molecule has 0 saturated carbocycles. The van der Waals surface area contributed by atoms with Crippen LogP contribution in [-0.2, 0) is 9.47 Å². The number of hydrogen-bond acceptors (Lipinski definition) is 3. The lowest BCUT2D eigenvalue weighted by molar-refractivity contribution is -0.0887. The maximum Gasteiger partial charge on any atom is 0.404 e. The van der Waals surface area contributed by atoms with Crippen LogP contribution in [0.2, 0.25) is 0 Å². The molecule has 5 heteroatoms. The Morgan fingerprint density at radius 2 is 1.48 bits per heavy atom. The Labute approximate surface area is 129 Å². The molecule has 0 aromatic carbocycles. The summed E-state index contributed by atoms with van der Waals surface area (Å²) in [5, 5.41) is 10.9. The fourth-order valence-corrected chi connectivity index (χ4v) is 1.60. The molecule has 126 valence electrons. The van der Waals surface area contributed by atoms with Crippen LogP contribution in [0.25, 0.3) is 0 Å². The minimum atomic E-state index is -0.998. The van der Waals surface area contributed by atoms with Gasteiger partial charge in [0.2, 0.25) is 0 Å². The van der Waals surface area contributed by atoms with E-state index >= 15 is 0 Å². The van der Waals surface area contributed by atoms with E-state index < -0.39 is 6.09 Å². The summed E-state index contributed by atoms with van der Waals surface area (Å²) in [4.78, 5) is 10.4. The fourth-order valence-electron chi connectivity index (χ4n) is 1.60. The molecule has 0 radical (unpaired) electrons. The number of carboxylic acid groups (broad SMARTS) is 1. The van der Waals surface area contributed by atoms with E-state index in [4.69, 9.17) is 14.6 Å². The summed E-state index contributed by atoms with van der Waals surface area (Å²) in [6, 6.07) is 0. The van der Waals surface area contributed by atoms with Crippen LogP contribution in [0.4, 0.5) is 4.79 Å². The third-order valence-electron chi connectivity index (χ3n) is 3.10. The van der Waals surface area contributed by atoms with Crippen molar-refractivity contribution in [3.8, 4) is 0 Å². The molecule has 0 fully saturated rings. The third-order valence-corrected chi connectivity index (χ3v) is 3.10. The Morgan fingerprint density at radius 3 is 1.95 bits per heavy atom. The largest absolute Gasteiger partial charge is 0.465 e. The highest BCUT2D eigenvalue weighted by molar-refractivity contribution is 5.64. The van der Waals surface area contributed by atoms with Crippen LogP contribution < -0.4 is 5.32 Å². The summed E-state index contributed by atoms with van der Waals surface area (Å²) >= 11 is 0. The minimum Gasteiger partial charge on any atom is -0.465 e. The van der Waals surface area contributed by atoms with E-state index in [2.05, 4.69) is 39.9 Å². The molecule has 0 aliphatic carbocycles. The first-order valence-electron chi connectivity index (χ1n) is 7.58. The van der Waals surface area contributed by atoms with E-state index in [0.717, 1.165) is 6.42 Å². The average molecular weight is 303 g/mol. The van der Waals surface area contributed by atoms with Gasteiger partial charge in [-0.2, -0.15) is 0 Å². The van der Waals surface area contributed by atoms with E-state index in [1.807, 2.05) is 13.8 Å². The predicted molar refractivity (Wildman–Crippen MR) is 84.8 cm³/mol. The van der Waals surface area contributed by atoms with Crippen molar-refractivity contribution in [3.63, 3.8) is 0 Å². The molecule has 0 spiro atoms. The van der Waals surface area contributed by atoms with Crippen molar-refractivity contribution < 1.29 is 19.4 Å². The van der Waals surface area contributed by atoms with Crippen molar-refractivity contribution in [2.45, 2.75) is 72.5 Å². The van der Waals surface area contributed by atoms with Gasteiger partial charge in [-0.05, 0) is 46.0 Å². The molecular weight excluding hydrogens is 270 g/mol. The van der Waals surface area contributed by atoms with Crippen molar-refractivity contribution >= 4 is 6.09 Å². The molecule has 0 aliphatic heterocycles. The van der Waals surface area contributed by atoms with Gasteiger partial charge in [0.1, 0.15) is 0 Å². The molecular formula is C16H33NO4. The standard InChI is InChI=1S/C16H33NO4/c1-14(2,3)12-21-16(6,7)9-11-20-15(4,5)8-10-17-13(18)19/h17H,8-12H2,1-7H3,(H,18,19). The average Bonchev–Trinajstić information content (AvgIpc) is 2.24. The van der Waals surface area contributed by atoms with Crippen LogP contribution in [0.15, 0.2) is 0 Å². The lowest BCUT2D eigenvalue weighted by Gasteiger charge is -2.32. The zero-order valence-electron chi connectivity index (χ0n) is 14.7. The van der Waals surface area contributed by atoms with E-state index in [1.165, 1.54) is 0 Å². The minimum absolute atomic E-state index is 0.153. The number of amides is 1. The van der Waals surface area contributed by atoms with Crippen LogP contribution in [0.5, 0.6) is 0 Å². The van der Waals surface area contributed by atoms with Crippen LogP contribution in [0.3, 0.4) is 0 Å². The predicted octanol–water partition coefficient (Wildman–Crippen LogP) is 3.67. The van der Waals surface area contributed by atoms with Crippen molar-refractivity contribution in [3.05, 3.63) is 0 Å². The highest BCUT2D eigenvalue weighted by Crippen LogP contribution is 2.22. The maximum atomic E-state index is 10.4. The SMILES string of the molecule is CC(C)(C)COC(C)(C)CCOC(C)(C)CCNC(=O)O. The van der Waals surface area contributed by atoms with Crippen LogP contribution >= 0.6 is 0 Å². The van der Waals surface area contributed by atoms with Crippen molar-refractivity contribution in [2.24, 2.45) is 5.41 Å². The second-order valence-corrected chi connectivity index (χ2v) is 7.95. The normalized spacial score (nSPS) is 13.3. The lowest BCUT2D eigenvalue weighted by Crippen LogP contribution is -2.35. The van der Waals surface area contributed by atoms with Gasteiger partial charge in [0, 0.05) is 6.54 Å². The Hall–Kier alpha value is -0.810. The summed E-state index contributed by atoms with van der Waals surface area (Å²) in [6.45, 7) is 16.2. The van der Waals surface area contributed by atoms with Gasteiger partial charge < -0.3 is 19.9 Å². The molecule has 0 aliphatic rings. The van der Waals surface area contributed by atoms with Gasteiger partial charge in [-0.1, -0.05) is 20.8 Å². The van der Waals surface area contributed by atoms with Crippen LogP contribution in [0.1, 0.15) is 61.3 Å². The molecule has 0 heterocycles. The molecule has 21 heavy (non-hydrogen) atoms. The molecule has 0 aromatic heterocycles. The van der Waals surface area contributed by atoms with Crippen molar-refractivity contribution in [1.29, 1.82) is 0 Å². The van der Waals surface area contributed by atoms with Gasteiger partial charge in [-0.25, -0.2) is 4.79 Å². The maximum absolute atomic E-state index is 10.4. The van der Waals surface area contributed by atoms with Gasteiger partial charge >= 0.3 is 6.09 Å². The molecule has 2 N–H and O–H groups in total. The summed E-state index contributed by atoms with van der Waals surface area (Å²) in [5.74, 6) is 0. The zero-order chi connectivity index (χ0) is 16.7. The smallest absolute Gasteiger partial charge is 0.404 e. The Kier molecular flexibility index (Phi) is 7.68. The first-order valence-corrected chi connectivity index (χ1v) is 7.58. The van der Waals surface area contributed by atoms with E-state index in [-0.39, 0.29) is 16.6 Å². The molecule has 5 nitrogen and oxygen atoms in total. The first-order chi connectivity index (χ1) is 9.33. The third kappa shape index (κ3) is 12.6. The summed E-state index contributed by atoms with van der Waals surface area (Å²) < 4.78 is 11.8. The molecule has 0 rings (SSSR count). The van der Waals surface area contributed by atoms with E-state index in [1.54, 1.807) is 0 Å². The monoisotopic (exact) mass is 303 g/mol. The molecule has 0 atom stereocenters. The number of nitrogens with one attached hydrogen (secondary N) is 1. The van der Waals surface area contributed by atoms with Crippen LogP contribution in [-0.4, -0.2) is 42.2 Å². The van der Waals surface area contributed by atoms with Gasteiger partial charge in [0.15, 0.2) is 0 Å². The van der Waals surface area contributed by atoms with Gasteiger partial charge in [-0.15, -0.1) is 0 Å².